The molecule has 11 nitrogen and oxygen atoms in total. The average Bonchev–Trinajstić information content (AvgIpc) is 3.58. The molecule has 5 rings (SSSR count). The molecule has 1 fully saturated rings. The molecular formula is C27H32N6O5S. The first-order valence-corrected chi connectivity index (χ1v) is 13.8. The van der Waals surface area contributed by atoms with Crippen LogP contribution in [0.2, 0.25) is 0 Å². The number of fused-ring (bicyclic) bond motifs is 2. The van der Waals surface area contributed by atoms with Gasteiger partial charge in [-0.1, -0.05) is 11.6 Å². The smallest absolute Gasteiger partial charge is 0.325 e. The minimum Gasteiger partial charge on any atom is -0.465 e. The highest BCUT2D eigenvalue weighted by atomic mass is 32.1. The van der Waals surface area contributed by atoms with Gasteiger partial charge in [0, 0.05) is 48.4 Å². The maximum atomic E-state index is 13.3. The molecule has 2 aromatic heterocycles. The second-order valence-corrected chi connectivity index (χ2v) is 11.2. The van der Waals surface area contributed by atoms with Crippen LogP contribution in [0.5, 0.6) is 0 Å². The van der Waals surface area contributed by atoms with Crippen LogP contribution in [0, 0.1) is 12.8 Å². The molecular weight excluding hydrogens is 520 g/mol. The standard InChI is InChI=1S/C27H32N6O5S/c1-4-38-23(34)14-33-12-21(30-25(36)26-31-19-7-8-32(3)13-22(19)39-26)17(27(33)37)11-28-24(35)20-10-16-9-15(2)5-6-18(16)29-20/h5-6,9-10,17,21,29H,4,7-8,11-14H2,1-3H3,(H,28,35)(H,30,36)/t17-,21+/m0/s1. The first-order valence-electron chi connectivity index (χ1n) is 13.0. The number of likely N-dealkylation sites (tertiary alicyclic amines) is 1. The highest BCUT2D eigenvalue weighted by molar-refractivity contribution is 7.13. The van der Waals surface area contributed by atoms with E-state index >= 15 is 0 Å². The van der Waals surface area contributed by atoms with Crippen LogP contribution in [0.25, 0.3) is 10.9 Å². The number of aryl methyl sites for hydroxylation is 1. The molecule has 4 heterocycles. The molecule has 2 aliphatic heterocycles. The summed E-state index contributed by atoms with van der Waals surface area (Å²) in [6.07, 6.45) is 0.785. The van der Waals surface area contributed by atoms with E-state index in [0.717, 1.165) is 46.5 Å². The van der Waals surface area contributed by atoms with Crippen molar-refractivity contribution in [2.75, 3.05) is 39.8 Å². The topological polar surface area (TPSA) is 137 Å². The van der Waals surface area contributed by atoms with Gasteiger partial charge in [-0.3, -0.25) is 19.2 Å². The zero-order valence-corrected chi connectivity index (χ0v) is 23.0. The van der Waals surface area contributed by atoms with Gasteiger partial charge in [-0.15, -0.1) is 11.3 Å². The monoisotopic (exact) mass is 552 g/mol. The molecule has 39 heavy (non-hydrogen) atoms. The van der Waals surface area contributed by atoms with Crippen LogP contribution in [0.15, 0.2) is 24.3 Å². The van der Waals surface area contributed by atoms with Crippen molar-refractivity contribution in [1.29, 1.82) is 0 Å². The van der Waals surface area contributed by atoms with Crippen LogP contribution < -0.4 is 10.6 Å². The van der Waals surface area contributed by atoms with Crippen molar-refractivity contribution in [3.05, 3.63) is 51.1 Å². The van der Waals surface area contributed by atoms with E-state index in [9.17, 15) is 19.2 Å². The van der Waals surface area contributed by atoms with Crippen molar-refractivity contribution in [3.63, 3.8) is 0 Å². The van der Waals surface area contributed by atoms with Gasteiger partial charge in [-0.25, -0.2) is 4.98 Å². The predicted octanol–water partition coefficient (Wildman–Crippen LogP) is 1.47. The molecule has 1 aromatic carbocycles. The van der Waals surface area contributed by atoms with Crippen LogP contribution in [-0.4, -0.2) is 89.3 Å². The number of aromatic nitrogens is 2. The lowest BCUT2D eigenvalue weighted by molar-refractivity contribution is -0.148. The summed E-state index contributed by atoms with van der Waals surface area (Å²) in [6, 6.07) is 7.00. The van der Waals surface area contributed by atoms with Gasteiger partial charge in [0.05, 0.1) is 24.3 Å². The summed E-state index contributed by atoms with van der Waals surface area (Å²) in [4.78, 5) is 63.8. The van der Waals surface area contributed by atoms with Crippen molar-refractivity contribution in [2.45, 2.75) is 32.9 Å². The number of H-pyrrole nitrogens is 1. The Balaban J connectivity index is 1.30. The van der Waals surface area contributed by atoms with Gasteiger partial charge in [-0.05, 0) is 39.1 Å². The van der Waals surface area contributed by atoms with Crippen molar-refractivity contribution >= 4 is 45.9 Å². The van der Waals surface area contributed by atoms with Crippen LogP contribution in [0.4, 0.5) is 0 Å². The Morgan fingerprint density at radius 1 is 1.23 bits per heavy atom. The van der Waals surface area contributed by atoms with E-state index in [2.05, 4.69) is 25.5 Å². The van der Waals surface area contributed by atoms with Gasteiger partial charge in [0.25, 0.3) is 11.8 Å². The Hall–Kier alpha value is -3.77. The Bertz CT molecular complexity index is 1430. The van der Waals surface area contributed by atoms with Gasteiger partial charge in [0.2, 0.25) is 5.91 Å². The molecule has 12 heteroatoms. The molecule has 3 amide bonds. The van der Waals surface area contributed by atoms with Gasteiger partial charge < -0.3 is 30.2 Å². The van der Waals surface area contributed by atoms with E-state index in [1.54, 1.807) is 13.0 Å². The number of hydrogen-bond donors (Lipinski definition) is 3. The zero-order chi connectivity index (χ0) is 27.7. The third-order valence-electron chi connectivity index (χ3n) is 7.09. The molecule has 0 spiro atoms. The molecule has 1 saturated heterocycles. The van der Waals surface area contributed by atoms with Crippen LogP contribution >= 0.6 is 11.3 Å². The van der Waals surface area contributed by atoms with Crippen molar-refractivity contribution in [2.24, 2.45) is 5.92 Å². The van der Waals surface area contributed by atoms with Gasteiger partial charge >= 0.3 is 5.97 Å². The highest BCUT2D eigenvalue weighted by Crippen LogP contribution is 2.26. The van der Waals surface area contributed by atoms with Crippen LogP contribution in [0.3, 0.4) is 0 Å². The number of amides is 3. The maximum Gasteiger partial charge on any atom is 0.325 e. The number of thiazole rings is 1. The number of rotatable bonds is 8. The quantitative estimate of drug-likeness (QED) is 0.360. The summed E-state index contributed by atoms with van der Waals surface area (Å²) >= 11 is 1.36. The number of carbonyl (C=O) groups excluding carboxylic acids is 4. The van der Waals surface area contributed by atoms with E-state index in [1.165, 1.54) is 16.2 Å². The van der Waals surface area contributed by atoms with Crippen molar-refractivity contribution in [1.82, 2.24) is 30.4 Å². The summed E-state index contributed by atoms with van der Waals surface area (Å²) in [5.74, 6) is -2.33. The Morgan fingerprint density at radius 3 is 2.85 bits per heavy atom. The van der Waals surface area contributed by atoms with E-state index in [0.29, 0.717) is 10.7 Å². The molecule has 2 aliphatic rings. The summed E-state index contributed by atoms with van der Waals surface area (Å²) in [7, 11) is 2.03. The molecule has 0 saturated carbocycles. The third-order valence-corrected chi connectivity index (χ3v) is 8.17. The Morgan fingerprint density at radius 2 is 2.05 bits per heavy atom. The molecule has 2 atom stereocenters. The van der Waals surface area contributed by atoms with Gasteiger partial charge in [-0.2, -0.15) is 0 Å². The second-order valence-electron chi connectivity index (χ2n) is 10.1. The Labute approximate surface area is 229 Å². The highest BCUT2D eigenvalue weighted by Gasteiger charge is 2.42. The zero-order valence-electron chi connectivity index (χ0n) is 22.2. The average molecular weight is 553 g/mol. The molecule has 0 bridgehead atoms. The molecule has 3 aromatic rings. The summed E-state index contributed by atoms with van der Waals surface area (Å²) in [5.41, 5.74) is 3.24. The number of likely N-dealkylation sites (N-methyl/N-ethyl adjacent to an activating group) is 1. The predicted molar refractivity (Wildman–Crippen MR) is 145 cm³/mol. The number of esters is 1. The minimum atomic E-state index is -0.750. The summed E-state index contributed by atoms with van der Waals surface area (Å²) in [5, 5.41) is 7.04. The molecule has 3 N–H and O–H groups in total. The van der Waals surface area contributed by atoms with Gasteiger partial charge in [0.15, 0.2) is 5.01 Å². The summed E-state index contributed by atoms with van der Waals surface area (Å²) < 4.78 is 5.02. The molecule has 0 aliphatic carbocycles. The minimum absolute atomic E-state index is 0.00447. The fourth-order valence-electron chi connectivity index (χ4n) is 5.06. The molecule has 0 radical (unpaired) electrons. The van der Waals surface area contributed by atoms with Gasteiger partial charge in [0.1, 0.15) is 12.2 Å². The van der Waals surface area contributed by atoms with E-state index in [4.69, 9.17) is 4.74 Å². The van der Waals surface area contributed by atoms with Crippen LogP contribution in [0.1, 0.15) is 43.3 Å². The SMILES string of the molecule is CCOC(=O)CN1C[C@@H](NC(=O)c2nc3c(s2)CN(C)CC3)[C@H](CNC(=O)c2cc3cc(C)ccc3[nH]2)C1=O. The maximum absolute atomic E-state index is 13.3. The van der Waals surface area contributed by atoms with Crippen molar-refractivity contribution < 1.29 is 23.9 Å². The lowest BCUT2D eigenvalue weighted by Crippen LogP contribution is -2.45. The lowest BCUT2D eigenvalue weighted by atomic mass is 10.0. The van der Waals surface area contributed by atoms with Crippen LogP contribution in [-0.2, 0) is 27.3 Å². The van der Waals surface area contributed by atoms with E-state index in [-0.39, 0.29) is 44.0 Å². The number of nitrogens with one attached hydrogen (secondary N) is 3. The molecule has 206 valence electrons. The lowest BCUT2D eigenvalue weighted by Gasteiger charge is -2.20. The first kappa shape index (κ1) is 26.8. The number of carbonyl (C=O) groups is 4. The summed E-state index contributed by atoms with van der Waals surface area (Å²) in [6.45, 7) is 5.42. The number of benzene rings is 1. The number of nitrogens with zero attached hydrogens (tertiary/aromatic N) is 3. The fourth-order valence-corrected chi connectivity index (χ4v) is 6.16. The number of aromatic amines is 1. The Kier molecular flexibility index (Phi) is 7.67. The van der Waals surface area contributed by atoms with E-state index < -0.39 is 17.9 Å². The van der Waals surface area contributed by atoms with E-state index in [1.807, 2.05) is 32.2 Å². The van der Waals surface area contributed by atoms with Crippen molar-refractivity contribution in [3.8, 4) is 0 Å². The number of ether oxygens (including phenoxy) is 1. The molecule has 0 unspecified atom stereocenters. The normalized spacial score (nSPS) is 19.3. The third kappa shape index (κ3) is 5.81. The fraction of sp³-hybridized carbons (Fsp3) is 0.444. The number of hydrogen-bond acceptors (Lipinski definition) is 8. The first-order chi connectivity index (χ1) is 18.7. The largest absolute Gasteiger partial charge is 0.465 e. The second kappa shape index (κ2) is 11.1.